The number of hydrogen-bond donors (Lipinski definition) is 0. The molecule has 0 unspecified atom stereocenters. The maximum Gasteiger partial charge on any atom is 0.0787 e. The van der Waals surface area contributed by atoms with Gasteiger partial charge in [-0.25, -0.2) is 4.98 Å². The van der Waals surface area contributed by atoms with Gasteiger partial charge in [0.1, 0.15) is 0 Å². The van der Waals surface area contributed by atoms with Crippen LogP contribution in [0.4, 0.5) is 5.69 Å². The summed E-state index contributed by atoms with van der Waals surface area (Å²) in [5.41, 5.74) is 13.1. The summed E-state index contributed by atoms with van der Waals surface area (Å²) in [6.45, 7) is 9.88. The van der Waals surface area contributed by atoms with E-state index >= 15 is 0 Å². The van der Waals surface area contributed by atoms with Gasteiger partial charge >= 0.3 is 0 Å². The molecule has 0 bridgehead atoms. The number of nitrogens with zero attached hydrogens (tertiary/aromatic N) is 2. The number of aliphatic imine (C=N–C) groups is 1. The van der Waals surface area contributed by atoms with Crippen LogP contribution in [0.25, 0.3) is 55.2 Å². The molecule has 7 aromatic rings. The topological polar surface area (TPSA) is 25.2 Å². The zero-order chi connectivity index (χ0) is 30.5. The van der Waals surface area contributed by atoms with E-state index in [1.165, 1.54) is 55.1 Å². The predicted molar refractivity (Wildman–Crippen MR) is 190 cm³/mol. The van der Waals surface area contributed by atoms with Gasteiger partial charge in [-0.1, -0.05) is 122 Å². The van der Waals surface area contributed by atoms with Crippen LogP contribution < -0.4 is 0 Å². The average molecular weight is 569 g/mol. The SMILES string of the molecule is C=Nc1ccccc1C.CCc1ccccc1-c1cc(-c2cccc(-c3ccc4ccc5ccccc5c4n3)c2)ccc1C. The van der Waals surface area contributed by atoms with Crippen molar-refractivity contribution in [2.75, 3.05) is 0 Å². The summed E-state index contributed by atoms with van der Waals surface area (Å²) in [7, 11) is 0. The third-order valence-electron chi connectivity index (χ3n) is 8.29. The highest BCUT2D eigenvalue weighted by Crippen LogP contribution is 2.34. The lowest BCUT2D eigenvalue weighted by Gasteiger charge is -2.14. The Hall–Kier alpha value is -5.34. The van der Waals surface area contributed by atoms with Crippen molar-refractivity contribution in [2.45, 2.75) is 27.2 Å². The van der Waals surface area contributed by atoms with Crippen LogP contribution in [0.1, 0.15) is 23.6 Å². The van der Waals surface area contributed by atoms with E-state index in [-0.39, 0.29) is 0 Å². The summed E-state index contributed by atoms with van der Waals surface area (Å²) in [5.74, 6) is 0. The zero-order valence-electron chi connectivity index (χ0n) is 25.6. The minimum absolute atomic E-state index is 0.970. The molecule has 0 aliphatic carbocycles. The second-order valence-corrected chi connectivity index (χ2v) is 11.1. The van der Waals surface area contributed by atoms with Gasteiger partial charge in [-0.15, -0.1) is 0 Å². The summed E-state index contributed by atoms with van der Waals surface area (Å²) in [5, 5.41) is 3.58. The molecule has 0 fully saturated rings. The monoisotopic (exact) mass is 568 g/mol. The van der Waals surface area contributed by atoms with Gasteiger partial charge in [-0.3, -0.25) is 4.99 Å². The number of para-hydroxylation sites is 1. The Bertz CT molecular complexity index is 2100. The average Bonchev–Trinajstić information content (AvgIpc) is 3.09. The zero-order valence-corrected chi connectivity index (χ0v) is 25.6. The lowest BCUT2D eigenvalue weighted by Crippen LogP contribution is -1.91. The molecule has 0 N–H and O–H groups in total. The summed E-state index contributed by atoms with van der Waals surface area (Å²) in [6, 6.07) is 49.3. The molecule has 0 saturated carbocycles. The first-order valence-corrected chi connectivity index (χ1v) is 15.2. The maximum absolute atomic E-state index is 5.11. The number of pyridine rings is 1. The van der Waals surface area contributed by atoms with E-state index in [1.807, 2.05) is 31.2 Å². The van der Waals surface area contributed by atoms with Crippen LogP contribution in [-0.4, -0.2) is 11.7 Å². The largest absolute Gasteiger partial charge is 0.264 e. The molecule has 2 nitrogen and oxygen atoms in total. The fraction of sp³-hybridized carbons (Fsp3) is 0.0952. The van der Waals surface area contributed by atoms with Gasteiger partial charge in [-0.05, 0) is 95.6 Å². The van der Waals surface area contributed by atoms with Crippen molar-refractivity contribution in [3.63, 3.8) is 0 Å². The van der Waals surface area contributed by atoms with Gasteiger partial charge in [0.15, 0.2) is 0 Å². The number of fused-ring (bicyclic) bond motifs is 3. The maximum atomic E-state index is 5.11. The van der Waals surface area contributed by atoms with E-state index < -0.39 is 0 Å². The van der Waals surface area contributed by atoms with E-state index in [4.69, 9.17) is 4.98 Å². The van der Waals surface area contributed by atoms with Crippen molar-refractivity contribution in [2.24, 2.45) is 4.99 Å². The highest BCUT2D eigenvalue weighted by Gasteiger charge is 2.10. The molecule has 7 rings (SSSR count). The first-order valence-electron chi connectivity index (χ1n) is 15.2. The second kappa shape index (κ2) is 12.9. The molecule has 0 aliphatic rings. The molecular weight excluding hydrogens is 532 g/mol. The van der Waals surface area contributed by atoms with Crippen LogP contribution in [0.5, 0.6) is 0 Å². The molecule has 1 heterocycles. The quantitative estimate of drug-likeness (QED) is 0.150. The van der Waals surface area contributed by atoms with Crippen LogP contribution in [-0.2, 0) is 6.42 Å². The Labute approximate surface area is 260 Å². The summed E-state index contributed by atoms with van der Waals surface area (Å²) in [4.78, 5) is 8.93. The lowest BCUT2D eigenvalue weighted by molar-refractivity contribution is 1.14. The van der Waals surface area contributed by atoms with Crippen LogP contribution in [0.15, 0.2) is 145 Å². The summed E-state index contributed by atoms with van der Waals surface area (Å²) in [6.07, 6.45) is 1.03. The Morgan fingerprint density at radius 1 is 0.568 bits per heavy atom. The van der Waals surface area contributed by atoms with Gasteiger partial charge in [-0.2, -0.15) is 0 Å². The van der Waals surface area contributed by atoms with Gasteiger partial charge in [0, 0.05) is 16.3 Å². The Morgan fingerprint density at radius 2 is 1.27 bits per heavy atom. The molecule has 0 amide bonds. The van der Waals surface area contributed by atoms with E-state index in [0.717, 1.165) is 28.9 Å². The third-order valence-corrected chi connectivity index (χ3v) is 8.29. The minimum Gasteiger partial charge on any atom is -0.264 e. The normalized spacial score (nSPS) is 10.8. The number of rotatable bonds is 5. The van der Waals surface area contributed by atoms with Crippen molar-refractivity contribution in [3.05, 3.63) is 156 Å². The van der Waals surface area contributed by atoms with Crippen LogP contribution in [0, 0.1) is 13.8 Å². The summed E-state index contributed by atoms with van der Waals surface area (Å²) < 4.78 is 0. The molecule has 0 radical (unpaired) electrons. The van der Waals surface area contributed by atoms with Crippen molar-refractivity contribution >= 4 is 34.1 Å². The van der Waals surface area contributed by atoms with Crippen LogP contribution in [0.2, 0.25) is 0 Å². The lowest BCUT2D eigenvalue weighted by atomic mass is 9.91. The van der Waals surface area contributed by atoms with Crippen LogP contribution in [0.3, 0.4) is 0 Å². The molecular formula is C42H36N2. The highest BCUT2D eigenvalue weighted by molar-refractivity contribution is 6.05. The first kappa shape index (κ1) is 28.8. The van der Waals surface area contributed by atoms with Crippen LogP contribution >= 0.6 is 0 Å². The molecule has 214 valence electrons. The minimum atomic E-state index is 0.970. The smallest absolute Gasteiger partial charge is 0.0787 e. The predicted octanol–water partition coefficient (Wildman–Crippen LogP) is 11.6. The van der Waals surface area contributed by atoms with Crippen molar-refractivity contribution in [3.8, 4) is 33.5 Å². The highest BCUT2D eigenvalue weighted by atomic mass is 14.7. The Kier molecular flexibility index (Phi) is 8.43. The second-order valence-electron chi connectivity index (χ2n) is 11.1. The standard InChI is InChI=1S/C34H27N.C8H9N/c1-3-24-9-4-6-13-30(24)32-22-28(16-15-23(32)2)27-11-8-12-29(21-27)33-20-19-26-18-17-25-10-5-7-14-31(25)34(26)35-33;1-7-5-3-4-6-8(7)9-2/h4-22H,3H2,1-2H3;3-6H,2H2,1H3. The molecule has 0 spiro atoms. The number of aryl methyl sites for hydroxylation is 3. The molecule has 2 heteroatoms. The molecule has 0 aliphatic heterocycles. The van der Waals surface area contributed by atoms with E-state index in [9.17, 15) is 0 Å². The molecule has 6 aromatic carbocycles. The molecule has 0 saturated heterocycles. The fourth-order valence-electron chi connectivity index (χ4n) is 5.80. The first-order chi connectivity index (χ1) is 21.6. The number of aromatic nitrogens is 1. The molecule has 44 heavy (non-hydrogen) atoms. The summed E-state index contributed by atoms with van der Waals surface area (Å²) >= 11 is 0. The van der Waals surface area contributed by atoms with Gasteiger partial charge in [0.05, 0.1) is 16.9 Å². The Balaban J connectivity index is 0.000000329. The molecule has 1 aromatic heterocycles. The van der Waals surface area contributed by atoms with E-state index in [0.29, 0.717) is 0 Å². The third kappa shape index (κ3) is 5.93. The van der Waals surface area contributed by atoms with E-state index in [1.54, 1.807) is 0 Å². The Morgan fingerprint density at radius 3 is 2.09 bits per heavy atom. The number of hydrogen-bond acceptors (Lipinski definition) is 2. The molecule has 0 atom stereocenters. The van der Waals surface area contributed by atoms with Gasteiger partial charge in [0.25, 0.3) is 0 Å². The van der Waals surface area contributed by atoms with Crippen molar-refractivity contribution in [1.82, 2.24) is 4.98 Å². The van der Waals surface area contributed by atoms with Gasteiger partial charge in [0.2, 0.25) is 0 Å². The fourth-order valence-corrected chi connectivity index (χ4v) is 5.80. The number of benzene rings is 6. The van der Waals surface area contributed by atoms with Crippen molar-refractivity contribution in [1.29, 1.82) is 0 Å². The van der Waals surface area contributed by atoms with E-state index in [2.05, 4.69) is 141 Å². The van der Waals surface area contributed by atoms with Crippen molar-refractivity contribution < 1.29 is 0 Å². The van der Waals surface area contributed by atoms with Gasteiger partial charge < -0.3 is 0 Å².